The summed E-state index contributed by atoms with van der Waals surface area (Å²) < 4.78 is 0. The van der Waals surface area contributed by atoms with Crippen molar-refractivity contribution in [3.05, 3.63) is 47.0 Å². The van der Waals surface area contributed by atoms with E-state index in [0.717, 1.165) is 22.4 Å². The van der Waals surface area contributed by atoms with Gasteiger partial charge >= 0.3 is 5.97 Å². The molecule has 1 N–H and O–H groups in total. The number of hydrogen-bond acceptors (Lipinski definition) is 3. The smallest absolute Gasteiger partial charge is 0.354 e. The van der Waals surface area contributed by atoms with Crippen LogP contribution in [-0.2, 0) is 0 Å². The molecule has 4 nitrogen and oxygen atoms in total. The fourth-order valence-corrected chi connectivity index (χ4v) is 1.87. The lowest BCUT2D eigenvalue weighted by Crippen LogP contribution is -2.02. The monoisotopic (exact) mass is 242 g/mol. The van der Waals surface area contributed by atoms with Gasteiger partial charge in [0.15, 0.2) is 0 Å². The van der Waals surface area contributed by atoms with Crippen LogP contribution < -0.4 is 0 Å². The number of carboxylic acids is 1. The van der Waals surface area contributed by atoms with Crippen molar-refractivity contribution < 1.29 is 9.90 Å². The topological polar surface area (TPSA) is 63.1 Å². The van der Waals surface area contributed by atoms with Crippen LogP contribution in [0, 0.1) is 20.8 Å². The molecule has 0 aliphatic heterocycles. The van der Waals surface area contributed by atoms with Gasteiger partial charge in [-0.3, -0.25) is 4.98 Å². The Labute approximate surface area is 105 Å². The Kier molecular flexibility index (Phi) is 3.10. The molecule has 2 rings (SSSR count). The summed E-state index contributed by atoms with van der Waals surface area (Å²) in [6.07, 6.45) is 1.79. The molecule has 4 heteroatoms. The predicted octanol–water partition coefficient (Wildman–Crippen LogP) is 2.77. The van der Waals surface area contributed by atoms with Crippen LogP contribution in [0.25, 0.3) is 11.1 Å². The Balaban J connectivity index is 2.63. The maximum atomic E-state index is 11.0. The van der Waals surface area contributed by atoms with Crippen molar-refractivity contribution in [2.75, 3.05) is 0 Å². The minimum absolute atomic E-state index is 0.0684. The van der Waals surface area contributed by atoms with Crippen LogP contribution in [0.4, 0.5) is 0 Å². The van der Waals surface area contributed by atoms with Crippen molar-refractivity contribution in [1.29, 1.82) is 0 Å². The first-order valence-electron chi connectivity index (χ1n) is 5.63. The highest BCUT2D eigenvalue weighted by Gasteiger charge is 2.10. The lowest BCUT2D eigenvalue weighted by molar-refractivity contribution is 0.0690. The van der Waals surface area contributed by atoms with Gasteiger partial charge in [0.2, 0.25) is 0 Å². The average molecular weight is 242 g/mol. The number of nitrogens with zero attached hydrogens (tertiary/aromatic N) is 2. The molecule has 2 aromatic heterocycles. The third-order valence-electron chi connectivity index (χ3n) is 2.72. The Bertz CT molecular complexity index is 621. The van der Waals surface area contributed by atoms with Crippen LogP contribution in [0.3, 0.4) is 0 Å². The summed E-state index contributed by atoms with van der Waals surface area (Å²) in [5, 5.41) is 9.03. The van der Waals surface area contributed by atoms with E-state index < -0.39 is 5.97 Å². The van der Waals surface area contributed by atoms with E-state index in [9.17, 15) is 4.79 Å². The largest absolute Gasteiger partial charge is 0.477 e. The van der Waals surface area contributed by atoms with Crippen LogP contribution >= 0.6 is 0 Å². The van der Waals surface area contributed by atoms with Gasteiger partial charge in [-0.05, 0) is 55.7 Å². The molecular weight excluding hydrogens is 228 g/mol. The van der Waals surface area contributed by atoms with Crippen molar-refractivity contribution in [3.8, 4) is 11.1 Å². The number of hydrogen-bond donors (Lipinski definition) is 1. The fraction of sp³-hybridized carbons (Fsp3) is 0.214. The van der Waals surface area contributed by atoms with Gasteiger partial charge < -0.3 is 5.11 Å². The first-order valence-corrected chi connectivity index (χ1v) is 5.63. The van der Waals surface area contributed by atoms with Crippen LogP contribution in [0.15, 0.2) is 24.4 Å². The van der Waals surface area contributed by atoms with Gasteiger partial charge in [-0.15, -0.1) is 0 Å². The SMILES string of the molecule is Cc1cc(-c2cc(C)nc(C(=O)O)c2)c(C)cn1. The first kappa shape index (κ1) is 12.2. The summed E-state index contributed by atoms with van der Waals surface area (Å²) in [5.41, 5.74) is 4.54. The average Bonchev–Trinajstić information content (AvgIpc) is 2.31. The Morgan fingerprint density at radius 2 is 1.83 bits per heavy atom. The molecule has 0 atom stereocenters. The van der Waals surface area contributed by atoms with E-state index in [2.05, 4.69) is 9.97 Å². The number of carbonyl (C=O) groups is 1. The van der Waals surface area contributed by atoms with Gasteiger partial charge in [-0.1, -0.05) is 0 Å². The zero-order valence-corrected chi connectivity index (χ0v) is 10.6. The molecular formula is C14H14N2O2. The van der Waals surface area contributed by atoms with Crippen molar-refractivity contribution in [2.45, 2.75) is 20.8 Å². The van der Waals surface area contributed by atoms with Crippen LogP contribution in [0.2, 0.25) is 0 Å². The summed E-state index contributed by atoms with van der Waals surface area (Å²) in [6.45, 7) is 5.66. The maximum Gasteiger partial charge on any atom is 0.354 e. The second-order valence-electron chi connectivity index (χ2n) is 4.33. The van der Waals surface area contributed by atoms with Gasteiger partial charge in [-0.2, -0.15) is 0 Å². The zero-order chi connectivity index (χ0) is 13.3. The number of carboxylic acid groups (broad SMARTS) is 1. The molecule has 2 aromatic rings. The Hall–Kier alpha value is -2.23. The molecule has 0 aliphatic carbocycles. The highest BCUT2D eigenvalue weighted by molar-refractivity contribution is 5.87. The van der Waals surface area contributed by atoms with E-state index in [1.807, 2.05) is 26.0 Å². The minimum atomic E-state index is -1.01. The number of pyridine rings is 2. The number of rotatable bonds is 2. The van der Waals surface area contributed by atoms with E-state index in [0.29, 0.717) is 5.69 Å². The molecule has 0 bridgehead atoms. The predicted molar refractivity (Wildman–Crippen MR) is 68.6 cm³/mol. The molecule has 0 radical (unpaired) electrons. The Morgan fingerprint density at radius 3 is 2.50 bits per heavy atom. The van der Waals surface area contributed by atoms with E-state index in [1.165, 1.54) is 0 Å². The van der Waals surface area contributed by atoms with Crippen molar-refractivity contribution >= 4 is 5.97 Å². The van der Waals surface area contributed by atoms with Crippen molar-refractivity contribution in [2.24, 2.45) is 0 Å². The van der Waals surface area contributed by atoms with Crippen LogP contribution in [0.5, 0.6) is 0 Å². The third kappa shape index (κ3) is 2.37. The molecule has 0 fully saturated rings. The molecule has 0 spiro atoms. The number of aromatic carboxylic acids is 1. The molecule has 0 amide bonds. The summed E-state index contributed by atoms with van der Waals surface area (Å²) >= 11 is 0. The summed E-state index contributed by atoms with van der Waals surface area (Å²) in [6, 6.07) is 5.43. The molecule has 0 saturated heterocycles. The molecule has 0 aromatic carbocycles. The second-order valence-corrected chi connectivity index (χ2v) is 4.33. The third-order valence-corrected chi connectivity index (χ3v) is 2.72. The van der Waals surface area contributed by atoms with Crippen molar-refractivity contribution in [1.82, 2.24) is 9.97 Å². The zero-order valence-electron chi connectivity index (χ0n) is 10.6. The molecule has 0 unspecified atom stereocenters. The van der Waals surface area contributed by atoms with Gasteiger partial charge in [0.05, 0.1) is 0 Å². The van der Waals surface area contributed by atoms with E-state index in [4.69, 9.17) is 5.11 Å². The summed E-state index contributed by atoms with van der Waals surface area (Å²) in [5.74, 6) is -1.01. The van der Waals surface area contributed by atoms with Gasteiger partial charge in [0.25, 0.3) is 0 Å². The van der Waals surface area contributed by atoms with Gasteiger partial charge in [0, 0.05) is 17.6 Å². The molecule has 92 valence electrons. The number of aromatic nitrogens is 2. The highest BCUT2D eigenvalue weighted by Crippen LogP contribution is 2.24. The maximum absolute atomic E-state index is 11.0. The lowest BCUT2D eigenvalue weighted by atomic mass is 10.0. The standard InChI is InChI=1S/C14H14N2O2/c1-8-7-15-9(2)5-12(8)11-4-10(3)16-13(6-11)14(17)18/h4-7H,1-3H3,(H,17,18). The van der Waals surface area contributed by atoms with Crippen molar-refractivity contribution in [3.63, 3.8) is 0 Å². The van der Waals surface area contributed by atoms with Crippen LogP contribution in [0.1, 0.15) is 27.4 Å². The van der Waals surface area contributed by atoms with Gasteiger partial charge in [0.1, 0.15) is 5.69 Å². The second kappa shape index (κ2) is 4.56. The number of aryl methyl sites for hydroxylation is 3. The fourth-order valence-electron chi connectivity index (χ4n) is 1.87. The highest BCUT2D eigenvalue weighted by atomic mass is 16.4. The van der Waals surface area contributed by atoms with Crippen LogP contribution in [-0.4, -0.2) is 21.0 Å². The quantitative estimate of drug-likeness (QED) is 0.879. The summed E-state index contributed by atoms with van der Waals surface area (Å²) in [4.78, 5) is 19.2. The molecule has 2 heterocycles. The first-order chi connectivity index (χ1) is 8.47. The normalized spacial score (nSPS) is 10.4. The van der Waals surface area contributed by atoms with E-state index >= 15 is 0 Å². The molecule has 0 aliphatic rings. The minimum Gasteiger partial charge on any atom is -0.477 e. The summed E-state index contributed by atoms with van der Waals surface area (Å²) in [7, 11) is 0. The lowest BCUT2D eigenvalue weighted by Gasteiger charge is -2.08. The van der Waals surface area contributed by atoms with Gasteiger partial charge in [-0.25, -0.2) is 9.78 Å². The van der Waals surface area contributed by atoms with E-state index in [1.54, 1.807) is 19.2 Å². The molecule has 0 saturated carbocycles. The molecule has 18 heavy (non-hydrogen) atoms. The Morgan fingerprint density at radius 1 is 1.11 bits per heavy atom. The van der Waals surface area contributed by atoms with E-state index in [-0.39, 0.29) is 5.69 Å².